The summed E-state index contributed by atoms with van der Waals surface area (Å²) in [4.78, 5) is 22.6. The number of hydrogen-bond acceptors (Lipinski definition) is 5. The zero-order valence-electron chi connectivity index (χ0n) is 14.2. The van der Waals surface area contributed by atoms with Crippen molar-refractivity contribution in [3.63, 3.8) is 0 Å². The second-order valence-corrected chi connectivity index (χ2v) is 7.33. The van der Waals surface area contributed by atoms with E-state index >= 15 is 0 Å². The van der Waals surface area contributed by atoms with Crippen LogP contribution in [0.25, 0.3) is 0 Å². The molecule has 0 radical (unpaired) electrons. The molecule has 124 valence electrons. The summed E-state index contributed by atoms with van der Waals surface area (Å²) in [7, 11) is 1.73. The summed E-state index contributed by atoms with van der Waals surface area (Å²) >= 11 is 1.77. The lowest BCUT2D eigenvalue weighted by Gasteiger charge is -2.38. The molecule has 1 aliphatic heterocycles. The van der Waals surface area contributed by atoms with Crippen LogP contribution in [0.4, 0.5) is 5.13 Å². The van der Waals surface area contributed by atoms with Gasteiger partial charge in [0, 0.05) is 44.3 Å². The quantitative estimate of drug-likeness (QED) is 0.872. The van der Waals surface area contributed by atoms with Crippen molar-refractivity contribution in [1.29, 1.82) is 0 Å². The number of amides is 1. The zero-order chi connectivity index (χ0) is 16.2. The molecule has 5 nitrogen and oxygen atoms in total. The van der Waals surface area contributed by atoms with Crippen LogP contribution in [0.1, 0.15) is 38.5 Å². The van der Waals surface area contributed by atoms with E-state index in [1.54, 1.807) is 18.4 Å². The Kier molecular flexibility index (Phi) is 5.81. The zero-order valence-corrected chi connectivity index (χ0v) is 15.0. The maximum absolute atomic E-state index is 12.1. The molecular formula is C16H28N4OS. The van der Waals surface area contributed by atoms with Crippen LogP contribution in [-0.2, 0) is 11.3 Å². The molecule has 0 saturated carbocycles. The first-order valence-electron chi connectivity index (χ1n) is 8.16. The van der Waals surface area contributed by atoms with Gasteiger partial charge in [-0.15, -0.1) is 11.3 Å². The maximum Gasteiger partial charge on any atom is 0.226 e. The molecule has 1 N–H and O–H groups in total. The summed E-state index contributed by atoms with van der Waals surface area (Å²) in [6.45, 7) is 11.1. The Labute approximate surface area is 137 Å². The monoisotopic (exact) mass is 324 g/mol. The normalized spacial score (nSPS) is 22.5. The first-order valence-corrected chi connectivity index (χ1v) is 8.98. The minimum atomic E-state index is -0.264. The van der Waals surface area contributed by atoms with Crippen LogP contribution in [0.2, 0.25) is 0 Å². The Morgan fingerprint density at radius 2 is 2.23 bits per heavy atom. The number of aromatic nitrogens is 1. The summed E-state index contributed by atoms with van der Waals surface area (Å²) in [6, 6.07) is 0. The smallest absolute Gasteiger partial charge is 0.226 e. The van der Waals surface area contributed by atoms with Crippen molar-refractivity contribution < 1.29 is 4.79 Å². The topological polar surface area (TPSA) is 48.5 Å². The highest BCUT2D eigenvalue weighted by Crippen LogP contribution is 2.31. The molecule has 1 aliphatic rings. The first kappa shape index (κ1) is 17.2. The number of likely N-dealkylation sites (tertiary alicyclic amines) is 1. The van der Waals surface area contributed by atoms with Crippen LogP contribution in [0.3, 0.4) is 0 Å². The third kappa shape index (κ3) is 3.79. The van der Waals surface area contributed by atoms with E-state index in [1.165, 1.54) is 4.88 Å². The SMILES string of the molecule is CCN(CC)c1ncc(CN2CCC[C@](C)(C(=O)NC)C2)s1. The Bertz CT molecular complexity index is 500. The van der Waals surface area contributed by atoms with E-state index in [0.29, 0.717) is 0 Å². The summed E-state index contributed by atoms with van der Waals surface area (Å²) in [5, 5.41) is 3.91. The minimum absolute atomic E-state index is 0.158. The molecule has 1 aromatic rings. The van der Waals surface area contributed by atoms with Crippen LogP contribution in [-0.4, -0.2) is 49.0 Å². The lowest BCUT2D eigenvalue weighted by molar-refractivity contribution is -0.132. The van der Waals surface area contributed by atoms with Gasteiger partial charge in [-0.05, 0) is 40.2 Å². The highest BCUT2D eigenvalue weighted by molar-refractivity contribution is 7.15. The Hall–Kier alpha value is -1.14. The molecule has 0 aliphatic carbocycles. The van der Waals surface area contributed by atoms with Crippen LogP contribution in [0, 0.1) is 5.41 Å². The second-order valence-electron chi connectivity index (χ2n) is 6.24. The molecule has 22 heavy (non-hydrogen) atoms. The second kappa shape index (κ2) is 7.42. The van der Waals surface area contributed by atoms with E-state index in [2.05, 4.69) is 40.9 Å². The Morgan fingerprint density at radius 3 is 2.86 bits per heavy atom. The third-order valence-corrected chi connectivity index (χ3v) is 5.55. The third-order valence-electron chi connectivity index (χ3n) is 4.51. The molecule has 0 aromatic carbocycles. The molecule has 1 fully saturated rings. The maximum atomic E-state index is 12.1. The molecular weight excluding hydrogens is 296 g/mol. The fourth-order valence-corrected chi connectivity index (χ4v) is 4.28. The Balaban J connectivity index is 2.00. The Morgan fingerprint density at radius 1 is 1.50 bits per heavy atom. The van der Waals surface area contributed by atoms with Crippen molar-refractivity contribution in [1.82, 2.24) is 15.2 Å². The van der Waals surface area contributed by atoms with Crippen molar-refractivity contribution in [3.8, 4) is 0 Å². The van der Waals surface area contributed by atoms with Gasteiger partial charge in [-0.3, -0.25) is 9.69 Å². The molecule has 0 bridgehead atoms. The minimum Gasteiger partial charge on any atom is -0.359 e. The van der Waals surface area contributed by atoms with Crippen LogP contribution < -0.4 is 10.2 Å². The number of anilines is 1. The van der Waals surface area contributed by atoms with E-state index < -0.39 is 0 Å². The summed E-state index contributed by atoms with van der Waals surface area (Å²) < 4.78 is 0. The standard InChI is InChI=1S/C16H28N4OS/c1-5-20(6-2)15-18-10-13(22-15)11-19-9-7-8-16(3,12-19)14(21)17-4/h10H,5-9,11-12H2,1-4H3,(H,17,21)/t16-/m0/s1. The molecule has 0 unspecified atom stereocenters. The number of nitrogens with zero attached hydrogens (tertiary/aromatic N) is 3. The van der Waals surface area contributed by atoms with E-state index in [0.717, 1.165) is 50.7 Å². The van der Waals surface area contributed by atoms with Gasteiger partial charge in [-0.1, -0.05) is 0 Å². The largest absolute Gasteiger partial charge is 0.359 e. The molecule has 1 amide bonds. The van der Waals surface area contributed by atoms with Gasteiger partial charge in [0.25, 0.3) is 0 Å². The van der Waals surface area contributed by atoms with Crippen molar-refractivity contribution in [2.75, 3.05) is 38.1 Å². The number of piperidine rings is 1. The van der Waals surface area contributed by atoms with Crippen molar-refractivity contribution in [3.05, 3.63) is 11.1 Å². The van der Waals surface area contributed by atoms with Crippen LogP contribution in [0.15, 0.2) is 6.20 Å². The van der Waals surface area contributed by atoms with E-state index in [4.69, 9.17) is 0 Å². The average molecular weight is 324 g/mol. The molecule has 0 spiro atoms. The number of thiazole rings is 1. The summed E-state index contributed by atoms with van der Waals surface area (Å²) in [5.41, 5.74) is -0.264. The molecule has 1 atom stereocenters. The lowest BCUT2D eigenvalue weighted by atomic mass is 9.81. The van der Waals surface area contributed by atoms with Gasteiger partial charge >= 0.3 is 0 Å². The highest BCUT2D eigenvalue weighted by atomic mass is 32.1. The van der Waals surface area contributed by atoms with E-state index in [1.807, 2.05) is 6.20 Å². The van der Waals surface area contributed by atoms with Gasteiger partial charge in [0.2, 0.25) is 5.91 Å². The van der Waals surface area contributed by atoms with Gasteiger partial charge in [0.05, 0.1) is 5.41 Å². The highest BCUT2D eigenvalue weighted by Gasteiger charge is 2.37. The average Bonchev–Trinajstić information content (AvgIpc) is 2.96. The molecule has 1 aromatic heterocycles. The lowest BCUT2D eigenvalue weighted by Crippen LogP contribution is -2.49. The number of nitrogens with one attached hydrogen (secondary N) is 1. The van der Waals surface area contributed by atoms with E-state index in [9.17, 15) is 4.79 Å². The summed E-state index contributed by atoms with van der Waals surface area (Å²) in [6.07, 6.45) is 4.03. The van der Waals surface area contributed by atoms with Crippen molar-refractivity contribution in [2.24, 2.45) is 5.41 Å². The van der Waals surface area contributed by atoms with Gasteiger partial charge in [0.15, 0.2) is 5.13 Å². The predicted octanol–water partition coefficient (Wildman–Crippen LogP) is 2.34. The number of rotatable bonds is 6. The molecule has 6 heteroatoms. The fourth-order valence-electron chi connectivity index (χ4n) is 3.20. The van der Waals surface area contributed by atoms with Crippen LogP contribution >= 0.6 is 11.3 Å². The first-order chi connectivity index (χ1) is 10.5. The number of carbonyl (C=O) groups is 1. The van der Waals surface area contributed by atoms with Crippen molar-refractivity contribution in [2.45, 2.75) is 40.2 Å². The molecule has 1 saturated heterocycles. The molecule has 2 heterocycles. The van der Waals surface area contributed by atoms with E-state index in [-0.39, 0.29) is 11.3 Å². The van der Waals surface area contributed by atoms with Gasteiger partial charge < -0.3 is 10.2 Å². The van der Waals surface area contributed by atoms with Gasteiger partial charge in [-0.2, -0.15) is 0 Å². The van der Waals surface area contributed by atoms with Crippen molar-refractivity contribution >= 4 is 22.4 Å². The van der Waals surface area contributed by atoms with Gasteiger partial charge in [-0.25, -0.2) is 4.98 Å². The molecule has 2 rings (SSSR count). The number of carbonyl (C=O) groups excluding carboxylic acids is 1. The van der Waals surface area contributed by atoms with Gasteiger partial charge in [0.1, 0.15) is 0 Å². The fraction of sp³-hybridized carbons (Fsp3) is 0.750. The summed E-state index contributed by atoms with van der Waals surface area (Å²) in [5.74, 6) is 0.158. The number of hydrogen-bond donors (Lipinski definition) is 1. The predicted molar refractivity (Wildman–Crippen MR) is 92.4 cm³/mol. The van der Waals surface area contributed by atoms with Crippen LogP contribution in [0.5, 0.6) is 0 Å².